The zero-order valence-corrected chi connectivity index (χ0v) is 13.0. The molecule has 0 aliphatic heterocycles. The highest BCUT2D eigenvalue weighted by Gasteiger charge is 2.16. The van der Waals surface area contributed by atoms with Crippen LogP contribution in [0.1, 0.15) is 18.6 Å². The number of imidazole rings is 1. The van der Waals surface area contributed by atoms with E-state index < -0.39 is 11.2 Å². The number of nitrogens with zero attached hydrogens (tertiary/aromatic N) is 6. The second-order valence-electron chi connectivity index (χ2n) is 4.99. The lowest BCUT2D eigenvalue weighted by Crippen LogP contribution is -2.37. The van der Waals surface area contributed by atoms with Crippen molar-refractivity contribution in [3.63, 3.8) is 0 Å². The van der Waals surface area contributed by atoms with Crippen LogP contribution < -0.4 is 11.2 Å². The van der Waals surface area contributed by atoms with E-state index in [2.05, 4.69) is 15.1 Å². The second-order valence-corrected chi connectivity index (χ2v) is 4.99. The summed E-state index contributed by atoms with van der Waals surface area (Å²) in [5, 5.41) is 3.85. The Kier molecular flexibility index (Phi) is 3.82. The summed E-state index contributed by atoms with van der Waals surface area (Å²) in [7, 11) is 2.99. The molecule has 0 radical (unpaired) electrons. The molecule has 23 heavy (non-hydrogen) atoms. The summed E-state index contributed by atoms with van der Waals surface area (Å²) in [5.74, 6) is 0.765. The van der Waals surface area contributed by atoms with Crippen molar-refractivity contribution in [3.05, 3.63) is 38.9 Å². The molecule has 3 rings (SSSR count). The van der Waals surface area contributed by atoms with Crippen LogP contribution in [-0.2, 0) is 32.0 Å². The van der Waals surface area contributed by atoms with Gasteiger partial charge < -0.3 is 13.8 Å². The number of aryl methyl sites for hydroxylation is 1. The van der Waals surface area contributed by atoms with Gasteiger partial charge in [0.15, 0.2) is 17.0 Å². The Morgan fingerprint density at radius 1 is 1.26 bits per heavy atom. The molecule has 0 saturated carbocycles. The van der Waals surface area contributed by atoms with E-state index in [1.165, 1.54) is 17.9 Å². The smallest absolute Gasteiger partial charge is 0.332 e. The van der Waals surface area contributed by atoms with Gasteiger partial charge in [0, 0.05) is 20.7 Å². The molecule has 3 aromatic rings. The van der Waals surface area contributed by atoms with Gasteiger partial charge in [-0.1, -0.05) is 5.16 Å². The molecule has 0 atom stereocenters. The van der Waals surface area contributed by atoms with E-state index in [4.69, 9.17) is 9.26 Å². The quantitative estimate of drug-likeness (QED) is 0.617. The molecule has 0 unspecified atom stereocenters. The van der Waals surface area contributed by atoms with E-state index in [-0.39, 0.29) is 13.2 Å². The van der Waals surface area contributed by atoms with Crippen molar-refractivity contribution in [2.45, 2.75) is 20.1 Å². The molecule has 0 fully saturated rings. The molecule has 0 bridgehead atoms. The third-order valence-corrected chi connectivity index (χ3v) is 3.47. The van der Waals surface area contributed by atoms with Crippen LogP contribution in [0.15, 0.2) is 20.4 Å². The fraction of sp³-hybridized carbons (Fsp3) is 0.462. The molecule has 3 aromatic heterocycles. The minimum atomic E-state index is -0.425. The van der Waals surface area contributed by atoms with Gasteiger partial charge in [-0.05, 0) is 6.92 Å². The van der Waals surface area contributed by atoms with Crippen molar-refractivity contribution < 1.29 is 9.26 Å². The Labute approximate surface area is 129 Å². The molecule has 3 heterocycles. The summed E-state index contributed by atoms with van der Waals surface area (Å²) in [6.45, 7) is 2.87. The molecule has 10 heteroatoms. The average molecular weight is 320 g/mol. The van der Waals surface area contributed by atoms with Gasteiger partial charge in [0.05, 0.1) is 12.9 Å². The molecule has 0 saturated heterocycles. The highest BCUT2D eigenvalue weighted by atomic mass is 16.5. The first kappa shape index (κ1) is 15.2. The average Bonchev–Trinajstić information content (AvgIpc) is 3.16. The van der Waals surface area contributed by atoms with Gasteiger partial charge >= 0.3 is 5.69 Å². The van der Waals surface area contributed by atoms with Crippen LogP contribution in [0.2, 0.25) is 0 Å². The van der Waals surface area contributed by atoms with E-state index in [0.717, 1.165) is 4.57 Å². The summed E-state index contributed by atoms with van der Waals surface area (Å²) >= 11 is 0. The zero-order chi connectivity index (χ0) is 16.6. The number of rotatable bonds is 5. The van der Waals surface area contributed by atoms with Gasteiger partial charge in [0.25, 0.3) is 11.4 Å². The SMILES string of the molecule is CCOCc1nc(Cn2cnc3c2c(=O)n(C)c(=O)n3C)no1. The lowest BCUT2D eigenvalue weighted by Gasteiger charge is -2.04. The summed E-state index contributed by atoms with van der Waals surface area (Å²) in [4.78, 5) is 32.6. The molecule has 0 aliphatic rings. The van der Waals surface area contributed by atoms with E-state index in [1.807, 2.05) is 6.92 Å². The fourth-order valence-corrected chi connectivity index (χ4v) is 2.27. The fourth-order valence-electron chi connectivity index (χ4n) is 2.27. The van der Waals surface area contributed by atoms with Crippen LogP contribution in [-0.4, -0.2) is 35.4 Å². The topological polar surface area (TPSA) is 110 Å². The predicted molar refractivity (Wildman–Crippen MR) is 78.9 cm³/mol. The number of hydrogen-bond donors (Lipinski definition) is 0. The summed E-state index contributed by atoms with van der Waals surface area (Å²) in [5.41, 5.74) is -0.216. The molecule has 0 amide bonds. The maximum atomic E-state index is 12.3. The molecule has 10 nitrogen and oxygen atoms in total. The Bertz CT molecular complexity index is 963. The third-order valence-electron chi connectivity index (χ3n) is 3.47. The second kappa shape index (κ2) is 5.80. The molecule has 0 spiro atoms. The van der Waals surface area contributed by atoms with Crippen LogP contribution in [0.5, 0.6) is 0 Å². The third kappa shape index (κ3) is 2.57. The van der Waals surface area contributed by atoms with Crippen LogP contribution in [0.4, 0.5) is 0 Å². The molecule has 0 aliphatic carbocycles. The van der Waals surface area contributed by atoms with E-state index in [1.54, 1.807) is 11.6 Å². The van der Waals surface area contributed by atoms with Gasteiger partial charge in [-0.3, -0.25) is 13.9 Å². The summed E-state index contributed by atoms with van der Waals surface area (Å²) < 4.78 is 14.2. The Morgan fingerprint density at radius 2 is 2.04 bits per heavy atom. The number of fused-ring (bicyclic) bond motifs is 1. The van der Waals surface area contributed by atoms with Crippen molar-refractivity contribution in [1.29, 1.82) is 0 Å². The van der Waals surface area contributed by atoms with Crippen molar-refractivity contribution >= 4 is 11.2 Å². The number of ether oxygens (including phenoxy) is 1. The maximum Gasteiger partial charge on any atom is 0.332 e. The highest BCUT2D eigenvalue weighted by molar-refractivity contribution is 5.70. The van der Waals surface area contributed by atoms with Crippen LogP contribution >= 0.6 is 0 Å². The first-order chi connectivity index (χ1) is 11.0. The van der Waals surface area contributed by atoms with Crippen molar-refractivity contribution in [1.82, 2.24) is 28.8 Å². The van der Waals surface area contributed by atoms with Crippen molar-refractivity contribution in [2.24, 2.45) is 14.1 Å². The Hall–Kier alpha value is -2.75. The Balaban J connectivity index is 2.00. The number of aromatic nitrogens is 6. The van der Waals surface area contributed by atoms with Gasteiger partial charge in [-0.2, -0.15) is 4.98 Å². The standard InChI is InChI=1S/C13H16N6O4/c1-4-22-6-9-15-8(16-23-9)5-19-7-14-11-10(19)12(20)18(3)13(21)17(11)2/h7H,4-6H2,1-3H3. The van der Waals surface area contributed by atoms with E-state index in [0.29, 0.717) is 29.5 Å². The molecule has 122 valence electrons. The van der Waals surface area contributed by atoms with Crippen LogP contribution in [0.3, 0.4) is 0 Å². The summed E-state index contributed by atoms with van der Waals surface area (Å²) in [6.07, 6.45) is 1.48. The minimum absolute atomic E-state index is 0.208. The van der Waals surface area contributed by atoms with E-state index >= 15 is 0 Å². The molecule has 0 aromatic carbocycles. The maximum absolute atomic E-state index is 12.3. The lowest BCUT2D eigenvalue weighted by molar-refractivity contribution is 0.109. The first-order valence-electron chi connectivity index (χ1n) is 7.03. The zero-order valence-electron chi connectivity index (χ0n) is 13.0. The highest BCUT2D eigenvalue weighted by Crippen LogP contribution is 2.08. The minimum Gasteiger partial charge on any atom is -0.372 e. The normalized spacial score (nSPS) is 11.4. The molecular formula is C13H16N6O4. The lowest BCUT2D eigenvalue weighted by atomic mass is 10.4. The van der Waals surface area contributed by atoms with Crippen molar-refractivity contribution in [2.75, 3.05) is 6.61 Å². The monoisotopic (exact) mass is 320 g/mol. The van der Waals surface area contributed by atoms with Crippen molar-refractivity contribution in [3.8, 4) is 0 Å². The largest absolute Gasteiger partial charge is 0.372 e. The first-order valence-corrected chi connectivity index (χ1v) is 7.03. The van der Waals surface area contributed by atoms with Gasteiger partial charge in [-0.15, -0.1) is 0 Å². The molecular weight excluding hydrogens is 304 g/mol. The van der Waals surface area contributed by atoms with Gasteiger partial charge in [-0.25, -0.2) is 9.78 Å². The van der Waals surface area contributed by atoms with E-state index in [9.17, 15) is 9.59 Å². The predicted octanol–water partition coefficient (Wildman–Crippen LogP) is -0.598. The number of hydrogen-bond acceptors (Lipinski definition) is 7. The van der Waals surface area contributed by atoms with Gasteiger partial charge in [0.2, 0.25) is 0 Å². The van der Waals surface area contributed by atoms with Crippen LogP contribution in [0, 0.1) is 0 Å². The summed E-state index contributed by atoms with van der Waals surface area (Å²) in [6, 6.07) is 0. The molecule has 0 N–H and O–H groups in total. The Morgan fingerprint density at radius 3 is 2.78 bits per heavy atom. The van der Waals surface area contributed by atoms with Gasteiger partial charge in [0.1, 0.15) is 6.61 Å². The van der Waals surface area contributed by atoms with Crippen LogP contribution in [0.25, 0.3) is 11.2 Å².